The SMILES string of the molecule is COC1CCCC(OCCCC(=O)NN)C1. The van der Waals surface area contributed by atoms with Gasteiger partial charge < -0.3 is 9.47 Å². The summed E-state index contributed by atoms with van der Waals surface area (Å²) in [4.78, 5) is 10.8. The normalized spacial score (nSPS) is 25.4. The zero-order valence-electron chi connectivity index (χ0n) is 9.91. The largest absolute Gasteiger partial charge is 0.381 e. The van der Waals surface area contributed by atoms with Crippen molar-refractivity contribution < 1.29 is 14.3 Å². The summed E-state index contributed by atoms with van der Waals surface area (Å²) in [6.45, 7) is 0.620. The lowest BCUT2D eigenvalue weighted by molar-refractivity contribution is -0.121. The van der Waals surface area contributed by atoms with Gasteiger partial charge in [-0.15, -0.1) is 0 Å². The summed E-state index contributed by atoms with van der Waals surface area (Å²) in [5.74, 6) is 4.84. The van der Waals surface area contributed by atoms with Crippen molar-refractivity contribution in [2.24, 2.45) is 5.84 Å². The maximum atomic E-state index is 10.8. The lowest BCUT2D eigenvalue weighted by Gasteiger charge is -2.28. The first-order valence-corrected chi connectivity index (χ1v) is 5.90. The first-order valence-electron chi connectivity index (χ1n) is 5.90. The molecule has 0 heterocycles. The lowest BCUT2D eigenvalue weighted by Crippen LogP contribution is -2.30. The van der Waals surface area contributed by atoms with Crippen LogP contribution in [0.5, 0.6) is 0 Å². The van der Waals surface area contributed by atoms with Gasteiger partial charge in [-0.25, -0.2) is 5.84 Å². The van der Waals surface area contributed by atoms with E-state index in [0.29, 0.717) is 25.2 Å². The smallest absolute Gasteiger partial charge is 0.233 e. The summed E-state index contributed by atoms with van der Waals surface area (Å²) in [6.07, 6.45) is 6.14. The number of methoxy groups -OCH3 is 1. The average Bonchev–Trinajstić information content (AvgIpc) is 2.34. The molecule has 0 aromatic carbocycles. The van der Waals surface area contributed by atoms with Crippen molar-refractivity contribution in [1.29, 1.82) is 0 Å². The first-order chi connectivity index (χ1) is 7.76. The highest BCUT2D eigenvalue weighted by molar-refractivity contribution is 5.75. The van der Waals surface area contributed by atoms with Crippen LogP contribution in [0.4, 0.5) is 0 Å². The molecule has 94 valence electrons. The first kappa shape index (κ1) is 13.4. The van der Waals surface area contributed by atoms with Crippen molar-refractivity contribution in [2.75, 3.05) is 13.7 Å². The fourth-order valence-electron chi connectivity index (χ4n) is 2.02. The number of hydrogen-bond donors (Lipinski definition) is 2. The molecule has 5 heteroatoms. The van der Waals surface area contributed by atoms with Crippen LogP contribution in [0, 0.1) is 0 Å². The van der Waals surface area contributed by atoms with Crippen molar-refractivity contribution in [2.45, 2.75) is 50.7 Å². The predicted molar refractivity (Wildman–Crippen MR) is 60.6 cm³/mol. The van der Waals surface area contributed by atoms with Gasteiger partial charge in [0.05, 0.1) is 12.2 Å². The summed E-state index contributed by atoms with van der Waals surface area (Å²) >= 11 is 0. The Morgan fingerprint density at radius 1 is 1.44 bits per heavy atom. The number of nitrogens with two attached hydrogens (primary N) is 1. The molecule has 1 saturated carbocycles. The van der Waals surface area contributed by atoms with Crippen LogP contribution in [0.3, 0.4) is 0 Å². The van der Waals surface area contributed by atoms with Gasteiger partial charge in [0, 0.05) is 20.1 Å². The van der Waals surface area contributed by atoms with Gasteiger partial charge >= 0.3 is 0 Å². The summed E-state index contributed by atoms with van der Waals surface area (Å²) in [6, 6.07) is 0. The molecule has 1 rings (SSSR count). The van der Waals surface area contributed by atoms with E-state index in [-0.39, 0.29) is 5.91 Å². The number of ether oxygens (including phenoxy) is 2. The number of rotatable bonds is 6. The fourth-order valence-corrected chi connectivity index (χ4v) is 2.02. The highest BCUT2D eigenvalue weighted by Gasteiger charge is 2.21. The molecule has 0 aromatic heterocycles. The Kier molecular flexibility index (Phi) is 6.37. The molecule has 16 heavy (non-hydrogen) atoms. The van der Waals surface area contributed by atoms with E-state index in [1.165, 1.54) is 0 Å². The van der Waals surface area contributed by atoms with E-state index in [2.05, 4.69) is 5.43 Å². The summed E-state index contributed by atoms with van der Waals surface area (Å²) in [7, 11) is 1.75. The Hall–Kier alpha value is -0.650. The molecule has 1 aliphatic rings. The van der Waals surface area contributed by atoms with Crippen molar-refractivity contribution in [3.8, 4) is 0 Å². The van der Waals surface area contributed by atoms with Crippen molar-refractivity contribution >= 4 is 5.91 Å². The summed E-state index contributed by atoms with van der Waals surface area (Å²) in [5.41, 5.74) is 2.11. The number of carbonyl (C=O) groups is 1. The molecule has 1 aliphatic carbocycles. The molecule has 1 fully saturated rings. The van der Waals surface area contributed by atoms with Gasteiger partial charge in [-0.05, 0) is 32.1 Å². The average molecular weight is 230 g/mol. The molecule has 5 nitrogen and oxygen atoms in total. The topological polar surface area (TPSA) is 73.6 Å². The third-order valence-electron chi connectivity index (χ3n) is 2.97. The zero-order chi connectivity index (χ0) is 11.8. The number of carbonyl (C=O) groups excluding carboxylic acids is 1. The summed E-state index contributed by atoms with van der Waals surface area (Å²) < 4.78 is 11.0. The molecule has 0 radical (unpaired) electrons. The van der Waals surface area contributed by atoms with Crippen molar-refractivity contribution in [1.82, 2.24) is 5.43 Å². The fraction of sp³-hybridized carbons (Fsp3) is 0.909. The van der Waals surface area contributed by atoms with E-state index < -0.39 is 0 Å². The minimum Gasteiger partial charge on any atom is -0.381 e. The molecule has 0 aromatic rings. The Balaban J connectivity index is 2.06. The molecule has 3 N–H and O–H groups in total. The van der Waals surface area contributed by atoms with E-state index in [4.69, 9.17) is 15.3 Å². The lowest BCUT2D eigenvalue weighted by atomic mass is 9.95. The zero-order valence-corrected chi connectivity index (χ0v) is 9.91. The van der Waals surface area contributed by atoms with E-state index in [9.17, 15) is 4.79 Å². The Bertz CT molecular complexity index is 211. The van der Waals surface area contributed by atoms with Gasteiger partial charge in [0.25, 0.3) is 0 Å². The second-order valence-corrected chi connectivity index (χ2v) is 4.19. The molecule has 0 bridgehead atoms. The Labute approximate surface area is 96.6 Å². The molecule has 0 spiro atoms. The third-order valence-corrected chi connectivity index (χ3v) is 2.97. The van der Waals surface area contributed by atoms with Gasteiger partial charge in [0.2, 0.25) is 5.91 Å². The minimum atomic E-state index is -0.137. The highest BCUT2D eigenvalue weighted by atomic mass is 16.5. The predicted octanol–water partition coefficient (Wildman–Crippen LogP) is 0.731. The Morgan fingerprint density at radius 3 is 2.88 bits per heavy atom. The van der Waals surface area contributed by atoms with Gasteiger partial charge in [-0.1, -0.05) is 0 Å². The maximum absolute atomic E-state index is 10.8. The number of hydrogen-bond acceptors (Lipinski definition) is 4. The summed E-state index contributed by atoms with van der Waals surface area (Å²) in [5, 5.41) is 0. The van der Waals surface area contributed by atoms with Crippen molar-refractivity contribution in [3.05, 3.63) is 0 Å². The monoisotopic (exact) mass is 230 g/mol. The molecule has 0 saturated heterocycles. The van der Waals surface area contributed by atoms with E-state index in [1.54, 1.807) is 7.11 Å². The van der Waals surface area contributed by atoms with Crippen molar-refractivity contribution in [3.63, 3.8) is 0 Å². The van der Waals surface area contributed by atoms with Crippen LogP contribution in [0.25, 0.3) is 0 Å². The number of amides is 1. The van der Waals surface area contributed by atoms with Crippen LogP contribution in [-0.2, 0) is 14.3 Å². The van der Waals surface area contributed by atoms with Crippen LogP contribution >= 0.6 is 0 Å². The molecule has 0 aliphatic heterocycles. The van der Waals surface area contributed by atoms with E-state index >= 15 is 0 Å². The van der Waals surface area contributed by atoms with Gasteiger partial charge in [-0.3, -0.25) is 10.2 Å². The van der Waals surface area contributed by atoms with Crippen LogP contribution in [-0.4, -0.2) is 31.8 Å². The number of hydrazine groups is 1. The van der Waals surface area contributed by atoms with Gasteiger partial charge in [-0.2, -0.15) is 0 Å². The third kappa shape index (κ3) is 4.92. The number of nitrogens with one attached hydrogen (secondary N) is 1. The van der Waals surface area contributed by atoms with Gasteiger partial charge in [0.15, 0.2) is 0 Å². The van der Waals surface area contributed by atoms with Crippen LogP contribution in [0.15, 0.2) is 0 Å². The van der Waals surface area contributed by atoms with Crippen LogP contribution in [0.1, 0.15) is 38.5 Å². The van der Waals surface area contributed by atoms with Gasteiger partial charge in [0.1, 0.15) is 0 Å². The molecular weight excluding hydrogens is 208 g/mol. The standard InChI is InChI=1S/C11H22N2O3/c1-15-9-4-2-5-10(8-9)16-7-3-6-11(14)13-12/h9-10H,2-8,12H2,1H3,(H,13,14). The van der Waals surface area contributed by atoms with E-state index in [1.807, 2.05) is 0 Å². The van der Waals surface area contributed by atoms with Crippen LogP contribution < -0.4 is 11.3 Å². The van der Waals surface area contributed by atoms with Crippen LogP contribution in [0.2, 0.25) is 0 Å². The molecule has 1 amide bonds. The maximum Gasteiger partial charge on any atom is 0.233 e. The second kappa shape index (κ2) is 7.60. The molecule has 2 atom stereocenters. The quantitative estimate of drug-likeness (QED) is 0.305. The molecule has 2 unspecified atom stereocenters. The second-order valence-electron chi connectivity index (χ2n) is 4.19. The molecular formula is C11H22N2O3. The minimum absolute atomic E-state index is 0.137. The highest BCUT2D eigenvalue weighted by Crippen LogP contribution is 2.23. The van der Waals surface area contributed by atoms with E-state index in [0.717, 1.165) is 32.1 Å². The Morgan fingerprint density at radius 2 is 2.19 bits per heavy atom.